The number of aliphatic hydroxyl groups excluding tert-OH is 3. The Bertz CT molecular complexity index is 1260. The van der Waals surface area contributed by atoms with E-state index in [4.69, 9.17) is 18.9 Å². The molecule has 0 amide bonds. The van der Waals surface area contributed by atoms with Gasteiger partial charge in [-0.05, 0) is 47.7 Å². The number of aliphatic hydroxyl groups is 4. The lowest BCUT2D eigenvalue weighted by Gasteiger charge is -2.45. The zero-order valence-corrected chi connectivity index (χ0v) is 19.7. The Morgan fingerprint density at radius 1 is 1.19 bits per heavy atom. The fourth-order valence-electron chi connectivity index (χ4n) is 4.74. The molecule has 2 aromatic carbocycles. The second-order valence-corrected chi connectivity index (χ2v) is 9.15. The van der Waals surface area contributed by atoms with Gasteiger partial charge in [0.25, 0.3) is 5.79 Å². The van der Waals surface area contributed by atoms with Crippen molar-refractivity contribution in [2.45, 2.75) is 56.6 Å². The number of benzene rings is 2. The van der Waals surface area contributed by atoms with Crippen molar-refractivity contribution in [3.8, 4) is 11.5 Å². The number of esters is 1. The maximum atomic E-state index is 11.1. The second kappa shape index (κ2) is 9.72. The van der Waals surface area contributed by atoms with Gasteiger partial charge in [0, 0.05) is 30.4 Å². The lowest BCUT2D eigenvalue weighted by molar-refractivity contribution is -0.385. The van der Waals surface area contributed by atoms with Crippen molar-refractivity contribution < 1.29 is 44.2 Å². The number of nitrogens with one attached hydrogen (secondary N) is 1. The maximum Gasteiger partial charge on any atom is 0.302 e. The highest BCUT2D eigenvalue weighted by molar-refractivity contribution is 5.89. The topological polar surface area (TPSA) is 151 Å². The largest absolute Gasteiger partial charge is 0.493 e. The lowest BCUT2D eigenvalue weighted by Crippen LogP contribution is -2.69. The van der Waals surface area contributed by atoms with Crippen molar-refractivity contribution in [2.24, 2.45) is 0 Å². The first kappa shape index (κ1) is 24.5. The molecule has 3 heterocycles. The van der Waals surface area contributed by atoms with E-state index in [-0.39, 0.29) is 5.75 Å². The number of carbonyl (C=O) groups excluding carboxylic acids is 1. The summed E-state index contributed by atoms with van der Waals surface area (Å²) in [7, 11) is 0. The third kappa shape index (κ3) is 4.54. The Morgan fingerprint density at radius 2 is 2.03 bits per heavy atom. The lowest BCUT2D eigenvalue weighted by atomic mass is 9.95. The first-order chi connectivity index (χ1) is 17.3. The predicted octanol–water partition coefficient (Wildman–Crippen LogP) is 0.957. The molecule has 192 valence electrons. The summed E-state index contributed by atoms with van der Waals surface area (Å²) in [4.78, 5) is 14.3. The highest BCUT2D eigenvalue weighted by Crippen LogP contribution is 2.37. The van der Waals surface area contributed by atoms with Crippen molar-refractivity contribution in [3.63, 3.8) is 0 Å². The summed E-state index contributed by atoms with van der Waals surface area (Å²) in [6.07, 6.45) is -2.75. The predicted molar refractivity (Wildman–Crippen MR) is 126 cm³/mol. The van der Waals surface area contributed by atoms with Crippen molar-refractivity contribution in [3.05, 3.63) is 59.3 Å². The van der Waals surface area contributed by atoms with Crippen LogP contribution in [0.1, 0.15) is 23.6 Å². The molecule has 36 heavy (non-hydrogen) atoms. The third-order valence-electron chi connectivity index (χ3n) is 6.70. The van der Waals surface area contributed by atoms with Crippen LogP contribution in [0.4, 0.5) is 0 Å². The summed E-state index contributed by atoms with van der Waals surface area (Å²) >= 11 is 0. The van der Waals surface area contributed by atoms with Gasteiger partial charge < -0.3 is 44.4 Å². The van der Waals surface area contributed by atoms with Gasteiger partial charge in [0.1, 0.15) is 30.3 Å². The summed E-state index contributed by atoms with van der Waals surface area (Å²) in [5.41, 5.74) is 4.01. The van der Waals surface area contributed by atoms with Gasteiger partial charge in [-0.1, -0.05) is 18.2 Å². The van der Waals surface area contributed by atoms with E-state index in [1.54, 1.807) is 12.1 Å². The van der Waals surface area contributed by atoms with Crippen LogP contribution in [0.5, 0.6) is 11.5 Å². The summed E-state index contributed by atoms with van der Waals surface area (Å²) in [6, 6.07) is 11.3. The van der Waals surface area contributed by atoms with Crippen LogP contribution >= 0.6 is 0 Å². The van der Waals surface area contributed by atoms with Gasteiger partial charge >= 0.3 is 5.97 Å². The number of H-pyrrole nitrogens is 1. The van der Waals surface area contributed by atoms with E-state index < -0.39 is 43.0 Å². The molecule has 5 N–H and O–H groups in total. The molecule has 1 aromatic heterocycles. The Hall–Kier alpha value is -3.15. The van der Waals surface area contributed by atoms with Crippen LogP contribution in [0.2, 0.25) is 0 Å². The van der Waals surface area contributed by atoms with E-state index in [1.165, 1.54) is 18.1 Å². The fourth-order valence-corrected chi connectivity index (χ4v) is 4.74. The van der Waals surface area contributed by atoms with E-state index in [0.717, 1.165) is 29.7 Å². The molecule has 0 unspecified atom stereocenters. The number of carbonyl (C=O) groups is 1. The minimum Gasteiger partial charge on any atom is -0.493 e. The molecule has 10 nitrogen and oxygen atoms in total. The van der Waals surface area contributed by atoms with Gasteiger partial charge in [-0.15, -0.1) is 0 Å². The van der Waals surface area contributed by atoms with Crippen LogP contribution in [0.15, 0.2) is 42.6 Å². The van der Waals surface area contributed by atoms with Gasteiger partial charge in [0.05, 0.1) is 6.61 Å². The zero-order chi connectivity index (χ0) is 25.4. The Labute approximate surface area is 207 Å². The number of hydrogen-bond acceptors (Lipinski definition) is 9. The molecule has 0 bridgehead atoms. The van der Waals surface area contributed by atoms with Crippen LogP contribution in [-0.2, 0) is 33.5 Å². The van der Waals surface area contributed by atoms with Crippen molar-refractivity contribution in [1.82, 2.24) is 4.98 Å². The maximum absolute atomic E-state index is 11.1. The van der Waals surface area contributed by atoms with Gasteiger partial charge in [0.15, 0.2) is 6.10 Å². The number of fused-ring (bicyclic) bond motifs is 2. The average Bonchev–Trinajstić information content (AvgIpc) is 3.50. The van der Waals surface area contributed by atoms with Gasteiger partial charge in [-0.2, -0.15) is 0 Å². The quantitative estimate of drug-likeness (QED) is 0.236. The fraction of sp³-hybridized carbons (Fsp3) is 0.423. The SMILES string of the molecule is CC(=O)OC[C@H]1O[C@@H](O)[C@@](O)(Oc2cccc3[nH]cc(CCc4ccc5c(c4)CCO5)c23)[C@@H](O)[C@@H]1O. The molecule has 1 fully saturated rings. The molecule has 2 aliphatic heterocycles. The standard InChI is InChI=1S/C26H29NO9/c1-14(28)34-13-21-23(29)24(30)26(32,25(31)35-21)36-20-4-2-3-18-22(20)17(12-27-18)7-5-15-6-8-19-16(11-15)9-10-33-19/h2-4,6,8,11-12,21,23-25,27,29-32H,5,7,9-10,13H2,1H3/t21-,23-,24+,25-,26+/m1/s1. The molecular formula is C26H29NO9. The molecule has 2 aliphatic rings. The van der Waals surface area contributed by atoms with Crippen LogP contribution in [-0.4, -0.2) is 75.0 Å². The zero-order valence-electron chi connectivity index (χ0n) is 19.7. The minimum absolute atomic E-state index is 0.195. The monoisotopic (exact) mass is 499 g/mol. The van der Waals surface area contributed by atoms with E-state index in [2.05, 4.69) is 11.1 Å². The number of aromatic nitrogens is 1. The first-order valence-corrected chi connectivity index (χ1v) is 11.8. The molecule has 0 saturated carbocycles. The van der Waals surface area contributed by atoms with Crippen LogP contribution < -0.4 is 9.47 Å². The Kier molecular flexibility index (Phi) is 6.62. The van der Waals surface area contributed by atoms with Crippen LogP contribution in [0.25, 0.3) is 10.9 Å². The van der Waals surface area contributed by atoms with Crippen molar-refractivity contribution in [2.75, 3.05) is 13.2 Å². The average molecular weight is 500 g/mol. The van der Waals surface area contributed by atoms with Crippen molar-refractivity contribution >= 4 is 16.9 Å². The highest BCUT2D eigenvalue weighted by atomic mass is 16.7. The summed E-state index contributed by atoms with van der Waals surface area (Å²) in [6.45, 7) is 1.47. The summed E-state index contributed by atoms with van der Waals surface area (Å²) in [5.74, 6) is -2.17. The Morgan fingerprint density at radius 3 is 2.83 bits per heavy atom. The number of hydrogen-bond donors (Lipinski definition) is 5. The smallest absolute Gasteiger partial charge is 0.302 e. The molecule has 10 heteroatoms. The molecule has 0 radical (unpaired) electrons. The summed E-state index contributed by atoms with van der Waals surface area (Å²) in [5, 5.41) is 43.4. The Balaban J connectivity index is 1.36. The third-order valence-corrected chi connectivity index (χ3v) is 6.70. The number of aryl methyl sites for hydroxylation is 2. The second-order valence-electron chi connectivity index (χ2n) is 9.15. The van der Waals surface area contributed by atoms with E-state index in [0.29, 0.717) is 18.4 Å². The van der Waals surface area contributed by atoms with Crippen LogP contribution in [0.3, 0.4) is 0 Å². The van der Waals surface area contributed by atoms with Crippen LogP contribution in [0, 0.1) is 0 Å². The number of ether oxygens (including phenoxy) is 4. The van der Waals surface area contributed by atoms with E-state index in [9.17, 15) is 25.2 Å². The number of aromatic amines is 1. The molecule has 5 rings (SSSR count). The van der Waals surface area contributed by atoms with Gasteiger partial charge in [-0.25, -0.2) is 0 Å². The highest BCUT2D eigenvalue weighted by Gasteiger charge is 2.57. The van der Waals surface area contributed by atoms with E-state index >= 15 is 0 Å². The number of rotatable bonds is 7. The molecule has 3 aromatic rings. The van der Waals surface area contributed by atoms with Gasteiger partial charge in [0.2, 0.25) is 6.29 Å². The molecule has 0 spiro atoms. The molecule has 1 saturated heterocycles. The van der Waals surface area contributed by atoms with Crippen molar-refractivity contribution in [1.29, 1.82) is 0 Å². The molecule has 5 atom stereocenters. The molecular weight excluding hydrogens is 470 g/mol. The summed E-state index contributed by atoms with van der Waals surface area (Å²) < 4.78 is 21.4. The minimum atomic E-state index is -2.67. The first-order valence-electron chi connectivity index (χ1n) is 11.8. The molecule has 0 aliphatic carbocycles. The normalized spacial score (nSPS) is 27.5. The van der Waals surface area contributed by atoms with E-state index in [1.807, 2.05) is 24.4 Å². The van der Waals surface area contributed by atoms with Gasteiger partial charge in [-0.3, -0.25) is 4.79 Å².